The average molecular weight is 449 g/mol. The van der Waals surface area contributed by atoms with E-state index in [1.165, 1.54) is 11.3 Å². The summed E-state index contributed by atoms with van der Waals surface area (Å²) in [6, 6.07) is 6.13. The predicted octanol–water partition coefficient (Wildman–Crippen LogP) is 4.09. The van der Waals surface area contributed by atoms with Gasteiger partial charge in [0.1, 0.15) is 11.5 Å². The van der Waals surface area contributed by atoms with E-state index in [0.29, 0.717) is 36.0 Å². The molecule has 1 amide bonds. The zero-order valence-electron chi connectivity index (χ0n) is 17.4. The summed E-state index contributed by atoms with van der Waals surface area (Å²) < 4.78 is 5.51. The van der Waals surface area contributed by atoms with E-state index in [2.05, 4.69) is 0 Å². The van der Waals surface area contributed by atoms with Crippen molar-refractivity contribution in [2.75, 3.05) is 33.8 Å². The van der Waals surface area contributed by atoms with E-state index >= 15 is 0 Å². The molecule has 6 nitrogen and oxygen atoms in total. The third kappa shape index (κ3) is 4.24. The van der Waals surface area contributed by atoms with Crippen molar-refractivity contribution in [1.82, 2.24) is 9.80 Å². The second-order valence-corrected chi connectivity index (χ2v) is 8.70. The minimum atomic E-state index is -0.683. The van der Waals surface area contributed by atoms with Crippen LogP contribution in [0, 0.1) is 6.92 Å². The first-order valence-corrected chi connectivity index (χ1v) is 10.9. The smallest absolute Gasteiger partial charge is 0.295 e. The summed E-state index contributed by atoms with van der Waals surface area (Å²) in [7, 11) is 3.82. The van der Waals surface area contributed by atoms with Crippen LogP contribution in [-0.2, 0) is 9.59 Å². The lowest BCUT2D eigenvalue weighted by atomic mass is 9.98. The Hall–Kier alpha value is -2.35. The zero-order valence-corrected chi connectivity index (χ0v) is 19.0. The number of aliphatic hydroxyl groups is 1. The van der Waals surface area contributed by atoms with E-state index in [4.69, 9.17) is 16.3 Å². The Kier molecular flexibility index (Phi) is 6.85. The number of likely N-dealkylation sites (tertiary alicyclic amines) is 1. The average Bonchev–Trinajstić information content (AvgIpc) is 3.22. The van der Waals surface area contributed by atoms with Crippen molar-refractivity contribution in [2.45, 2.75) is 19.9 Å². The van der Waals surface area contributed by atoms with Gasteiger partial charge in [-0.1, -0.05) is 11.6 Å². The quantitative estimate of drug-likeness (QED) is 0.392. The number of aliphatic hydroxyl groups excluding tert-OH is 1. The fraction of sp³-hybridized carbons (Fsp3) is 0.364. The van der Waals surface area contributed by atoms with Crippen molar-refractivity contribution < 1.29 is 19.4 Å². The molecule has 1 saturated heterocycles. The molecular formula is C22H25ClN2O4S. The number of carbonyl (C=O) groups is 2. The molecule has 1 atom stereocenters. The minimum Gasteiger partial charge on any atom is -0.507 e. The van der Waals surface area contributed by atoms with Crippen LogP contribution in [0.2, 0.25) is 5.02 Å². The molecule has 1 aromatic carbocycles. The lowest BCUT2D eigenvalue weighted by Gasteiger charge is -2.26. The van der Waals surface area contributed by atoms with E-state index in [-0.39, 0.29) is 11.3 Å². The number of nitrogens with zero attached hydrogens (tertiary/aromatic N) is 2. The van der Waals surface area contributed by atoms with Crippen LogP contribution in [0.25, 0.3) is 5.76 Å². The van der Waals surface area contributed by atoms with Crippen LogP contribution in [0.4, 0.5) is 0 Å². The van der Waals surface area contributed by atoms with Crippen molar-refractivity contribution in [3.8, 4) is 5.75 Å². The van der Waals surface area contributed by atoms with Crippen molar-refractivity contribution in [1.29, 1.82) is 0 Å². The summed E-state index contributed by atoms with van der Waals surface area (Å²) >= 11 is 7.63. The number of Topliss-reactive ketones (excluding diaryl/α,β-unsaturated/α-hetero) is 1. The number of ketones is 1. The molecule has 0 spiro atoms. The number of hydrogen-bond donors (Lipinski definition) is 1. The topological polar surface area (TPSA) is 70.1 Å². The maximum Gasteiger partial charge on any atom is 0.295 e. The summed E-state index contributed by atoms with van der Waals surface area (Å²) in [5, 5.41) is 13.5. The van der Waals surface area contributed by atoms with Crippen LogP contribution in [0.5, 0.6) is 5.75 Å². The van der Waals surface area contributed by atoms with Gasteiger partial charge in [0.15, 0.2) is 0 Å². The van der Waals surface area contributed by atoms with Crippen LogP contribution < -0.4 is 4.74 Å². The lowest BCUT2D eigenvalue weighted by molar-refractivity contribution is -0.140. The highest BCUT2D eigenvalue weighted by molar-refractivity contribution is 7.10. The minimum absolute atomic E-state index is 0.0917. The van der Waals surface area contributed by atoms with E-state index in [1.54, 1.807) is 23.1 Å². The Bertz CT molecular complexity index is 999. The van der Waals surface area contributed by atoms with Crippen LogP contribution in [0.15, 0.2) is 35.2 Å². The fourth-order valence-corrected chi connectivity index (χ4v) is 4.65. The second kappa shape index (κ2) is 9.20. The van der Waals surface area contributed by atoms with Crippen LogP contribution in [0.1, 0.15) is 29.0 Å². The Morgan fingerprint density at radius 1 is 1.30 bits per heavy atom. The lowest BCUT2D eigenvalue weighted by Crippen LogP contribution is -2.35. The molecule has 1 aliphatic heterocycles. The number of carbonyl (C=O) groups excluding carboxylic acids is 2. The molecule has 1 unspecified atom stereocenters. The predicted molar refractivity (Wildman–Crippen MR) is 119 cm³/mol. The van der Waals surface area contributed by atoms with Crippen molar-refractivity contribution >= 4 is 40.4 Å². The molecule has 1 aromatic heterocycles. The Morgan fingerprint density at radius 2 is 2.03 bits per heavy atom. The Balaban J connectivity index is 2.14. The standard InChI is InChI=1S/C22H25ClN2O4S/c1-5-29-16-12-14(6-7-15(16)23)19(26)17-18(21-13(2)8-11-30-21)25(10-9-24(3)4)22(28)20(17)27/h6-8,11-12,18,26H,5,9-10H2,1-4H3/b19-17-. The molecule has 2 aromatic rings. The summed E-state index contributed by atoms with van der Waals surface area (Å²) in [6.45, 7) is 5.16. The molecule has 160 valence electrons. The number of halogens is 1. The van der Waals surface area contributed by atoms with Gasteiger partial charge in [0.25, 0.3) is 11.7 Å². The fourth-order valence-electron chi connectivity index (χ4n) is 3.43. The van der Waals surface area contributed by atoms with Gasteiger partial charge in [-0.2, -0.15) is 0 Å². The van der Waals surface area contributed by atoms with Crippen LogP contribution in [0.3, 0.4) is 0 Å². The maximum absolute atomic E-state index is 13.0. The molecular weight excluding hydrogens is 424 g/mol. The van der Waals surface area contributed by atoms with Gasteiger partial charge in [0, 0.05) is 23.5 Å². The molecule has 0 saturated carbocycles. The zero-order chi connectivity index (χ0) is 22.0. The summed E-state index contributed by atoms with van der Waals surface area (Å²) in [4.78, 5) is 30.2. The highest BCUT2D eigenvalue weighted by Gasteiger charge is 2.46. The van der Waals surface area contributed by atoms with Crippen molar-refractivity contribution in [3.05, 3.63) is 56.2 Å². The number of thiophene rings is 1. The van der Waals surface area contributed by atoms with Gasteiger partial charge in [-0.25, -0.2) is 0 Å². The largest absolute Gasteiger partial charge is 0.507 e. The molecule has 8 heteroatoms. The van der Waals surface area contributed by atoms with Crippen LogP contribution in [-0.4, -0.2) is 60.4 Å². The third-order valence-corrected chi connectivity index (χ3v) is 6.37. The maximum atomic E-state index is 13.0. The van der Waals surface area contributed by atoms with Gasteiger partial charge in [-0.05, 0) is 63.2 Å². The first-order valence-electron chi connectivity index (χ1n) is 9.66. The normalized spacial score (nSPS) is 18.5. The molecule has 1 fully saturated rings. The second-order valence-electron chi connectivity index (χ2n) is 7.34. The number of benzene rings is 1. The molecule has 0 bridgehead atoms. The SMILES string of the molecule is CCOc1cc(/C(O)=C2/C(=O)C(=O)N(CCN(C)C)C2c2sccc2C)ccc1Cl. The molecule has 0 radical (unpaired) electrons. The summed E-state index contributed by atoms with van der Waals surface area (Å²) in [6.07, 6.45) is 0. The van der Waals surface area contributed by atoms with Crippen molar-refractivity contribution in [2.24, 2.45) is 0 Å². The highest BCUT2D eigenvalue weighted by atomic mass is 35.5. The third-order valence-electron chi connectivity index (χ3n) is 4.98. The van der Waals surface area contributed by atoms with Gasteiger partial charge >= 0.3 is 0 Å². The summed E-state index contributed by atoms with van der Waals surface area (Å²) in [5.74, 6) is -1.10. The molecule has 3 rings (SSSR count). The number of ether oxygens (including phenoxy) is 1. The van der Waals surface area contributed by atoms with E-state index in [0.717, 1.165) is 10.4 Å². The molecule has 0 aliphatic carbocycles. The molecule has 1 aliphatic rings. The van der Waals surface area contributed by atoms with Gasteiger partial charge in [0.2, 0.25) is 0 Å². The van der Waals surface area contributed by atoms with Gasteiger partial charge in [0.05, 0.1) is 23.2 Å². The van der Waals surface area contributed by atoms with Gasteiger partial charge in [-0.3, -0.25) is 9.59 Å². The molecule has 2 heterocycles. The number of aryl methyl sites for hydroxylation is 1. The van der Waals surface area contributed by atoms with Gasteiger partial charge in [-0.15, -0.1) is 11.3 Å². The summed E-state index contributed by atoms with van der Waals surface area (Å²) in [5.41, 5.74) is 1.44. The first-order chi connectivity index (χ1) is 14.3. The monoisotopic (exact) mass is 448 g/mol. The first kappa shape index (κ1) is 22.3. The van der Waals surface area contributed by atoms with Crippen molar-refractivity contribution in [3.63, 3.8) is 0 Å². The Morgan fingerprint density at radius 3 is 2.63 bits per heavy atom. The number of hydrogen-bond acceptors (Lipinski definition) is 6. The van der Waals surface area contributed by atoms with E-state index in [1.807, 2.05) is 44.3 Å². The molecule has 1 N–H and O–H groups in total. The van der Waals surface area contributed by atoms with Gasteiger partial charge < -0.3 is 19.6 Å². The Labute approximate surface area is 185 Å². The number of amides is 1. The highest BCUT2D eigenvalue weighted by Crippen LogP contribution is 2.43. The number of likely N-dealkylation sites (N-methyl/N-ethyl adjacent to an activating group) is 1. The number of rotatable bonds is 7. The van der Waals surface area contributed by atoms with E-state index in [9.17, 15) is 14.7 Å². The molecule has 30 heavy (non-hydrogen) atoms. The van der Waals surface area contributed by atoms with Crippen LogP contribution >= 0.6 is 22.9 Å². The van der Waals surface area contributed by atoms with E-state index < -0.39 is 17.7 Å².